The predicted molar refractivity (Wildman–Crippen MR) is 78.2 cm³/mol. The summed E-state index contributed by atoms with van der Waals surface area (Å²) in [7, 11) is 0. The average molecular weight is 278 g/mol. The van der Waals surface area contributed by atoms with Gasteiger partial charge in [-0.3, -0.25) is 9.79 Å². The smallest absolute Gasteiger partial charge is 0.248 e. The van der Waals surface area contributed by atoms with E-state index in [0.29, 0.717) is 22.5 Å². The van der Waals surface area contributed by atoms with Crippen LogP contribution in [0.1, 0.15) is 35.7 Å². The molecule has 2 atom stereocenters. The Morgan fingerprint density at radius 3 is 2.62 bits per heavy atom. The molecule has 0 saturated carbocycles. The first-order valence-corrected chi connectivity index (χ1v) is 6.45. The fourth-order valence-electron chi connectivity index (χ4n) is 2.59. The lowest BCUT2D eigenvalue weighted by molar-refractivity contribution is 0.1000. The summed E-state index contributed by atoms with van der Waals surface area (Å²) in [5, 5.41) is 18.8. The second-order valence-corrected chi connectivity index (χ2v) is 4.94. The van der Waals surface area contributed by atoms with Crippen molar-refractivity contribution < 1.29 is 4.79 Å². The van der Waals surface area contributed by atoms with Crippen LogP contribution in [0.2, 0.25) is 0 Å². The van der Waals surface area contributed by atoms with Gasteiger partial charge in [-0.25, -0.2) is 0 Å². The number of aliphatic imine (C=N–C) groups is 1. The number of carbonyl (C=O) groups excluding carboxylic acids is 1. The second kappa shape index (κ2) is 5.60. The molecule has 2 N–H and O–H groups in total. The standard InChI is InChI=1S/C16H14N4O/c1-9-13(7-17)15(14(8-18)10(2)20-9)11-4-3-5-12(6-11)16(19)21/h3-6,13,15H,1-2H3,(H2,19,21). The molecule has 21 heavy (non-hydrogen) atoms. The van der Waals surface area contributed by atoms with Crippen molar-refractivity contribution in [2.75, 3.05) is 0 Å². The largest absolute Gasteiger partial charge is 0.366 e. The van der Waals surface area contributed by atoms with Crippen LogP contribution in [0.5, 0.6) is 0 Å². The van der Waals surface area contributed by atoms with Crippen molar-refractivity contribution in [1.82, 2.24) is 0 Å². The van der Waals surface area contributed by atoms with Crippen molar-refractivity contribution in [2.45, 2.75) is 19.8 Å². The van der Waals surface area contributed by atoms with Crippen LogP contribution in [0, 0.1) is 28.6 Å². The molecule has 0 fully saturated rings. The highest BCUT2D eigenvalue weighted by atomic mass is 16.1. The van der Waals surface area contributed by atoms with Crippen LogP contribution in [0.4, 0.5) is 0 Å². The molecule has 0 aromatic heterocycles. The van der Waals surface area contributed by atoms with Crippen LogP contribution in [0.25, 0.3) is 0 Å². The van der Waals surface area contributed by atoms with E-state index in [-0.39, 0.29) is 0 Å². The minimum atomic E-state index is -0.536. The van der Waals surface area contributed by atoms with Gasteiger partial charge in [-0.2, -0.15) is 10.5 Å². The molecular formula is C16H14N4O. The summed E-state index contributed by atoms with van der Waals surface area (Å²) in [4.78, 5) is 15.6. The Morgan fingerprint density at radius 2 is 2.05 bits per heavy atom. The summed E-state index contributed by atoms with van der Waals surface area (Å²) in [5.41, 5.74) is 8.11. The number of carbonyl (C=O) groups is 1. The van der Waals surface area contributed by atoms with Gasteiger partial charge in [0.25, 0.3) is 0 Å². The van der Waals surface area contributed by atoms with Crippen molar-refractivity contribution in [1.29, 1.82) is 10.5 Å². The number of nitrogens with two attached hydrogens (primary N) is 1. The number of rotatable bonds is 2. The van der Waals surface area contributed by atoms with Crippen LogP contribution < -0.4 is 5.73 Å². The maximum atomic E-state index is 11.3. The van der Waals surface area contributed by atoms with Gasteiger partial charge in [0.1, 0.15) is 0 Å². The number of benzene rings is 1. The third kappa shape index (κ3) is 2.54. The normalized spacial score (nSPS) is 21.2. The molecule has 1 aliphatic heterocycles. The summed E-state index contributed by atoms with van der Waals surface area (Å²) in [6.45, 7) is 3.52. The average Bonchev–Trinajstić information content (AvgIpc) is 2.46. The van der Waals surface area contributed by atoms with Gasteiger partial charge in [0.15, 0.2) is 0 Å². The van der Waals surface area contributed by atoms with E-state index in [2.05, 4.69) is 17.1 Å². The fourth-order valence-corrected chi connectivity index (χ4v) is 2.59. The Hall–Kier alpha value is -2.92. The van der Waals surface area contributed by atoms with Crippen LogP contribution >= 0.6 is 0 Å². The summed E-state index contributed by atoms with van der Waals surface area (Å²) in [6, 6.07) is 11.1. The lowest BCUT2D eigenvalue weighted by atomic mass is 9.76. The summed E-state index contributed by atoms with van der Waals surface area (Å²) >= 11 is 0. The van der Waals surface area contributed by atoms with Crippen molar-refractivity contribution in [2.24, 2.45) is 16.6 Å². The third-order valence-electron chi connectivity index (χ3n) is 3.62. The molecule has 0 radical (unpaired) electrons. The summed E-state index contributed by atoms with van der Waals surface area (Å²) in [6.07, 6.45) is 0. The highest BCUT2D eigenvalue weighted by Gasteiger charge is 2.33. The second-order valence-electron chi connectivity index (χ2n) is 4.94. The lowest BCUT2D eigenvalue weighted by Crippen LogP contribution is -2.25. The lowest BCUT2D eigenvalue weighted by Gasteiger charge is -2.26. The molecule has 0 aliphatic carbocycles. The molecule has 0 bridgehead atoms. The van der Waals surface area contributed by atoms with E-state index in [1.807, 2.05) is 0 Å². The first-order chi connectivity index (χ1) is 9.99. The molecule has 2 unspecified atom stereocenters. The molecule has 5 nitrogen and oxygen atoms in total. The summed E-state index contributed by atoms with van der Waals surface area (Å²) in [5.74, 6) is -1.48. The molecule has 1 aromatic carbocycles. The number of primary amides is 1. The molecule has 1 heterocycles. The minimum Gasteiger partial charge on any atom is -0.366 e. The Balaban J connectivity index is 2.62. The van der Waals surface area contributed by atoms with E-state index in [1.165, 1.54) is 0 Å². The van der Waals surface area contributed by atoms with Crippen LogP contribution in [0.15, 0.2) is 40.5 Å². The van der Waals surface area contributed by atoms with Gasteiger partial charge in [0.2, 0.25) is 5.91 Å². The number of nitrogens with zero attached hydrogens (tertiary/aromatic N) is 3. The van der Waals surface area contributed by atoms with Gasteiger partial charge in [-0.05, 0) is 31.5 Å². The van der Waals surface area contributed by atoms with E-state index in [1.54, 1.807) is 38.1 Å². The Labute approximate surface area is 123 Å². The first-order valence-electron chi connectivity index (χ1n) is 6.45. The van der Waals surface area contributed by atoms with E-state index in [4.69, 9.17) is 5.73 Å². The van der Waals surface area contributed by atoms with Gasteiger partial charge in [0.05, 0.1) is 29.3 Å². The number of hydrogen-bond acceptors (Lipinski definition) is 4. The first kappa shape index (κ1) is 14.5. The SMILES string of the molecule is CC1=NC(C)=C(C#N)C(c2cccc(C(N)=O)c2)C1C#N. The fraction of sp³-hybridized carbons (Fsp3) is 0.250. The maximum absolute atomic E-state index is 11.3. The number of hydrogen-bond donors (Lipinski definition) is 1. The van der Waals surface area contributed by atoms with Gasteiger partial charge >= 0.3 is 0 Å². The zero-order valence-electron chi connectivity index (χ0n) is 11.8. The molecule has 2 rings (SSSR count). The number of nitriles is 2. The molecule has 104 valence electrons. The molecule has 1 aliphatic rings. The molecule has 1 aromatic rings. The van der Waals surface area contributed by atoms with Gasteiger partial charge in [-0.15, -0.1) is 0 Å². The molecule has 1 amide bonds. The van der Waals surface area contributed by atoms with E-state index >= 15 is 0 Å². The van der Waals surface area contributed by atoms with Gasteiger partial charge in [-0.1, -0.05) is 12.1 Å². The third-order valence-corrected chi connectivity index (χ3v) is 3.62. The topological polar surface area (TPSA) is 103 Å². The predicted octanol–water partition coefficient (Wildman–Crippen LogP) is 2.28. The van der Waals surface area contributed by atoms with E-state index in [0.717, 1.165) is 5.56 Å². The zero-order valence-corrected chi connectivity index (χ0v) is 11.8. The molecular weight excluding hydrogens is 264 g/mol. The zero-order chi connectivity index (χ0) is 15.6. The van der Waals surface area contributed by atoms with E-state index < -0.39 is 17.7 Å². The Bertz CT molecular complexity index is 746. The Kier molecular flexibility index (Phi) is 3.86. The number of amides is 1. The van der Waals surface area contributed by atoms with E-state index in [9.17, 15) is 15.3 Å². The monoisotopic (exact) mass is 278 g/mol. The van der Waals surface area contributed by atoms with Crippen LogP contribution in [-0.2, 0) is 0 Å². The highest BCUT2D eigenvalue weighted by molar-refractivity contribution is 5.93. The van der Waals surface area contributed by atoms with Crippen molar-refractivity contribution >= 4 is 11.6 Å². The highest BCUT2D eigenvalue weighted by Crippen LogP contribution is 2.38. The summed E-state index contributed by atoms with van der Waals surface area (Å²) < 4.78 is 0. The van der Waals surface area contributed by atoms with Gasteiger partial charge < -0.3 is 5.73 Å². The van der Waals surface area contributed by atoms with Crippen molar-refractivity contribution in [3.8, 4) is 12.1 Å². The van der Waals surface area contributed by atoms with Gasteiger partial charge in [0, 0.05) is 17.2 Å². The van der Waals surface area contributed by atoms with Crippen molar-refractivity contribution in [3.63, 3.8) is 0 Å². The molecule has 0 spiro atoms. The van der Waals surface area contributed by atoms with Crippen LogP contribution in [-0.4, -0.2) is 11.6 Å². The molecule has 5 heteroatoms. The van der Waals surface area contributed by atoms with Crippen molar-refractivity contribution in [3.05, 3.63) is 46.7 Å². The maximum Gasteiger partial charge on any atom is 0.248 e. The minimum absolute atomic E-state index is 0.360. The Morgan fingerprint density at radius 1 is 1.33 bits per heavy atom. The quantitative estimate of drug-likeness (QED) is 0.897. The molecule has 0 saturated heterocycles. The van der Waals surface area contributed by atoms with Crippen LogP contribution in [0.3, 0.4) is 0 Å². The number of allylic oxidation sites excluding steroid dienone is 2.